The van der Waals surface area contributed by atoms with E-state index in [0.29, 0.717) is 18.5 Å². The van der Waals surface area contributed by atoms with Gasteiger partial charge in [0.05, 0.1) is 22.9 Å². The Kier molecular flexibility index (Phi) is 4.41. The normalized spacial score (nSPS) is 18.0. The van der Waals surface area contributed by atoms with Crippen LogP contribution in [0.2, 0.25) is 0 Å². The molecule has 2 aliphatic rings. The molecule has 34 heavy (non-hydrogen) atoms. The standard InChI is InChI=1S/C25H22N6O3/c1-13-27-19-6-4-15(10-20(19)28-13)23-18(11-26-30(23)2)14-3-5-17-16(9-14)12-31(25(17)34)21-7-8-22(32)29-24(21)33/h3-6,9-11,21H,7-8,12H2,1-2H3,(H,27,28)(H,29,32,33)/t21-/m1/s1. The minimum absolute atomic E-state index is 0.178. The molecule has 0 unspecified atom stereocenters. The van der Waals surface area contributed by atoms with E-state index in [1.807, 2.05) is 55.2 Å². The van der Waals surface area contributed by atoms with Gasteiger partial charge < -0.3 is 9.88 Å². The van der Waals surface area contributed by atoms with Crippen LogP contribution in [0.4, 0.5) is 0 Å². The van der Waals surface area contributed by atoms with Gasteiger partial charge >= 0.3 is 0 Å². The summed E-state index contributed by atoms with van der Waals surface area (Å²) in [7, 11) is 1.91. The van der Waals surface area contributed by atoms with Crippen LogP contribution in [0.15, 0.2) is 42.6 Å². The van der Waals surface area contributed by atoms with Crippen LogP contribution in [0, 0.1) is 6.92 Å². The van der Waals surface area contributed by atoms with Gasteiger partial charge in [-0.15, -0.1) is 0 Å². The van der Waals surface area contributed by atoms with Crippen molar-refractivity contribution in [3.8, 4) is 22.4 Å². The smallest absolute Gasteiger partial charge is 0.255 e. The van der Waals surface area contributed by atoms with Gasteiger partial charge in [-0.25, -0.2) is 4.98 Å². The Morgan fingerprint density at radius 3 is 2.68 bits per heavy atom. The number of fused-ring (bicyclic) bond motifs is 2. The molecule has 3 amide bonds. The molecule has 4 heterocycles. The fourth-order valence-corrected chi connectivity index (χ4v) is 5.02. The maximum absolute atomic E-state index is 13.0. The molecule has 170 valence electrons. The van der Waals surface area contributed by atoms with Gasteiger partial charge in [0.1, 0.15) is 11.9 Å². The van der Waals surface area contributed by atoms with E-state index >= 15 is 0 Å². The molecule has 6 rings (SSSR count). The number of imide groups is 1. The predicted octanol–water partition coefficient (Wildman–Crippen LogP) is 2.70. The first-order valence-electron chi connectivity index (χ1n) is 11.2. The van der Waals surface area contributed by atoms with Gasteiger partial charge in [-0.1, -0.05) is 12.1 Å². The number of nitrogens with one attached hydrogen (secondary N) is 2. The van der Waals surface area contributed by atoms with Crippen molar-refractivity contribution < 1.29 is 14.4 Å². The number of hydrogen-bond acceptors (Lipinski definition) is 5. The molecular weight excluding hydrogens is 432 g/mol. The van der Waals surface area contributed by atoms with Gasteiger partial charge in [-0.3, -0.25) is 24.4 Å². The van der Waals surface area contributed by atoms with Crippen molar-refractivity contribution in [2.75, 3.05) is 0 Å². The minimum Gasteiger partial charge on any atom is -0.342 e. The summed E-state index contributed by atoms with van der Waals surface area (Å²) >= 11 is 0. The number of imidazole rings is 1. The van der Waals surface area contributed by atoms with Gasteiger partial charge in [0.2, 0.25) is 11.8 Å². The summed E-state index contributed by atoms with van der Waals surface area (Å²) in [6.45, 7) is 2.27. The molecule has 0 radical (unpaired) electrons. The van der Waals surface area contributed by atoms with E-state index in [1.54, 1.807) is 4.90 Å². The lowest BCUT2D eigenvalue weighted by Gasteiger charge is -2.29. The summed E-state index contributed by atoms with van der Waals surface area (Å²) in [5, 5.41) is 6.84. The summed E-state index contributed by atoms with van der Waals surface area (Å²) in [6.07, 6.45) is 2.41. The zero-order valence-corrected chi connectivity index (χ0v) is 18.8. The van der Waals surface area contributed by atoms with E-state index in [9.17, 15) is 14.4 Å². The average molecular weight is 454 g/mol. The number of carbonyl (C=O) groups is 3. The number of aromatic nitrogens is 4. The fourth-order valence-electron chi connectivity index (χ4n) is 5.02. The SMILES string of the molecule is Cc1nc2ccc(-c3c(-c4ccc5c(c4)CN([C@@H]4CCC(=O)NC4=O)C5=O)cnn3C)cc2[nH]1. The lowest BCUT2D eigenvalue weighted by atomic mass is 9.98. The molecule has 1 atom stereocenters. The fraction of sp³-hybridized carbons (Fsp3) is 0.240. The largest absolute Gasteiger partial charge is 0.342 e. The van der Waals surface area contributed by atoms with Crippen LogP contribution in [0.5, 0.6) is 0 Å². The summed E-state index contributed by atoms with van der Waals surface area (Å²) < 4.78 is 1.84. The zero-order chi connectivity index (χ0) is 23.6. The van der Waals surface area contributed by atoms with Crippen LogP contribution in [0.1, 0.15) is 34.6 Å². The van der Waals surface area contributed by atoms with Crippen LogP contribution in [-0.2, 0) is 23.2 Å². The van der Waals surface area contributed by atoms with E-state index in [1.165, 1.54) is 0 Å². The monoisotopic (exact) mass is 454 g/mol. The van der Waals surface area contributed by atoms with Crippen LogP contribution < -0.4 is 5.32 Å². The maximum Gasteiger partial charge on any atom is 0.255 e. The van der Waals surface area contributed by atoms with E-state index in [2.05, 4.69) is 26.4 Å². The summed E-state index contributed by atoms with van der Waals surface area (Å²) in [6, 6.07) is 11.2. The lowest BCUT2D eigenvalue weighted by Crippen LogP contribution is -2.52. The number of H-pyrrole nitrogens is 1. The number of benzene rings is 2. The quantitative estimate of drug-likeness (QED) is 0.462. The Hall–Kier alpha value is -4.27. The first-order valence-corrected chi connectivity index (χ1v) is 11.2. The van der Waals surface area contributed by atoms with Crippen molar-refractivity contribution in [1.29, 1.82) is 0 Å². The van der Waals surface area contributed by atoms with Crippen LogP contribution >= 0.6 is 0 Å². The molecule has 2 aliphatic heterocycles. The van der Waals surface area contributed by atoms with E-state index < -0.39 is 11.9 Å². The van der Waals surface area contributed by atoms with Gasteiger partial charge in [-0.05, 0) is 48.7 Å². The number of amides is 3. The van der Waals surface area contributed by atoms with Gasteiger partial charge in [-0.2, -0.15) is 5.10 Å². The zero-order valence-electron chi connectivity index (χ0n) is 18.8. The third-order valence-electron chi connectivity index (χ3n) is 6.65. The Labute approximate surface area is 194 Å². The Morgan fingerprint density at radius 2 is 1.85 bits per heavy atom. The second kappa shape index (κ2) is 7.38. The topological polar surface area (TPSA) is 113 Å². The van der Waals surface area contributed by atoms with Crippen molar-refractivity contribution in [1.82, 2.24) is 30.0 Å². The second-order valence-electron chi connectivity index (χ2n) is 8.86. The number of aryl methyl sites for hydroxylation is 2. The molecule has 2 aromatic carbocycles. The van der Waals surface area contributed by atoms with Crippen molar-refractivity contribution in [2.24, 2.45) is 7.05 Å². The van der Waals surface area contributed by atoms with Gasteiger partial charge in [0, 0.05) is 36.7 Å². The first kappa shape index (κ1) is 20.3. The molecule has 0 bridgehead atoms. The van der Waals surface area contributed by atoms with Crippen LogP contribution in [-0.4, -0.2) is 48.4 Å². The lowest BCUT2D eigenvalue weighted by molar-refractivity contribution is -0.136. The van der Waals surface area contributed by atoms with Crippen LogP contribution in [0.3, 0.4) is 0 Å². The molecule has 0 saturated carbocycles. The highest BCUT2D eigenvalue weighted by Crippen LogP contribution is 2.36. The average Bonchev–Trinajstić information content (AvgIpc) is 3.47. The second-order valence-corrected chi connectivity index (χ2v) is 8.86. The molecule has 0 aliphatic carbocycles. The number of carbonyl (C=O) groups excluding carboxylic acids is 3. The molecular formula is C25H22N6O3. The molecule has 2 aromatic heterocycles. The highest BCUT2D eigenvalue weighted by molar-refractivity contribution is 6.05. The molecule has 4 aromatic rings. The van der Waals surface area contributed by atoms with E-state index in [4.69, 9.17) is 0 Å². The number of nitrogens with zero attached hydrogens (tertiary/aromatic N) is 4. The summed E-state index contributed by atoms with van der Waals surface area (Å²) in [4.78, 5) is 46.2. The third-order valence-corrected chi connectivity index (χ3v) is 6.65. The van der Waals surface area contributed by atoms with Crippen LogP contribution in [0.25, 0.3) is 33.4 Å². The highest BCUT2D eigenvalue weighted by atomic mass is 16.2. The number of rotatable bonds is 3. The first-order chi connectivity index (χ1) is 16.4. The van der Waals surface area contributed by atoms with Crippen molar-refractivity contribution >= 4 is 28.8 Å². The van der Waals surface area contributed by atoms with Gasteiger partial charge in [0.15, 0.2) is 0 Å². The maximum atomic E-state index is 13.0. The Morgan fingerprint density at radius 1 is 1.03 bits per heavy atom. The number of piperidine rings is 1. The highest BCUT2D eigenvalue weighted by Gasteiger charge is 2.39. The molecule has 2 N–H and O–H groups in total. The third kappa shape index (κ3) is 3.12. The molecule has 0 spiro atoms. The van der Waals surface area contributed by atoms with Gasteiger partial charge in [0.25, 0.3) is 5.91 Å². The molecule has 1 fully saturated rings. The minimum atomic E-state index is -0.625. The summed E-state index contributed by atoms with van der Waals surface area (Å²) in [5.41, 5.74) is 7.19. The molecule has 9 nitrogen and oxygen atoms in total. The Balaban J connectivity index is 1.36. The Bertz CT molecular complexity index is 1510. The van der Waals surface area contributed by atoms with E-state index in [0.717, 1.165) is 44.8 Å². The number of hydrogen-bond donors (Lipinski definition) is 2. The number of aromatic amines is 1. The predicted molar refractivity (Wildman–Crippen MR) is 125 cm³/mol. The summed E-state index contributed by atoms with van der Waals surface area (Å²) in [5.74, 6) is -0.0133. The molecule has 1 saturated heterocycles. The van der Waals surface area contributed by atoms with Crippen molar-refractivity contribution in [3.05, 3.63) is 59.5 Å². The van der Waals surface area contributed by atoms with Crippen molar-refractivity contribution in [2.45, 2.75) is 32.4 Å². The molecule has 9 heteroatoms. The van der Waals surface area contributed by atoms with Crippen molar-refractivity contribution in [3.63, 3.8) is 0 Å². The van der Waals surface area contributed by atoms with E-state index in [-0.39, 0.29) is 18.2 Å².